The molecule has 0 unspecified atom stereocenters. The van der Waals surface area contributed by atoms with E-state index in [9.17, 15) is 0 Å². The lowest BCUT2D eigenvalue weighted by molar-refractivity contribution is 0.772. The second-order valence-corrected chi connectivity index (χ2v) is 4.68. The van der Waals surface area contributed by atoms with Crippen LogP contribution in [0.3, 0.4) is 0 Å². The summed E-state index contributed by atoms with van der Waals surface area (Å²) in [6, 6.07) is 3.88. The molecule has 5 heteroatoms. The van der Waals surface area contributed by atoms with Gasteiger partial charge in [-0.05, 0) is 40.9 Å². The van der Waals surface area contributed by atoms with Gasteiger partial charge < -0.3 is 5.73 Å². The van der Waals surface area contributed by atoms with E-state index in [1.165, 1.54) is 0 Å². The smallest absolute Gasteiger partial charge is 0.153 e. The molecule has 0 aliphatic rings. The van der Waals surface area contributed by atoms with Gasteiger partial charge in [-0.3, -0.25) is 0 Å². The molecule has 0 saturated carbocycles. The third-order valence-corrected chi connectivity index (χ3v) is 3.17. The minimum absolute atomic E-state index is 0.791. The molecule has 2 rings (SSSR count). The lowest BCUT2D eigenvalue weighted by atomic mass is 10.2. The summed E-state index contributed by atoms with van der Waals surface area (Å²) in [7, 11) is 0. The van der Waals surface area contributed by atoms with Crippen LogP contribution in [0.5, 0.6) is 0 Å². The van der Waals surface area contributed by atoms with E-state index in [0.29, 0.717) is 0 Å². The first-order valence-corrected chi connectivity index (χ1v) is 6.44. The highest BCUT2D eigenvalue weighted by Crippen LogP contribution is 2.21. The molecule has 2 aromatic rings. The van der Waals surface area contributed by atoms with E-state index < -0.39 is 0 Å². The van der Waals surface area contributed by atoms with E-state index in [2.05, 4.69) is 39.9 Å². The maximum atomic E-state index is 6.07. The maximum Gasteiger partial charge on any atom is 0.153 e. The van der Waals surface area contributed by atoms with Crippen LogP contribution in [-0.4, -0.2) is 14.8 Å². The van der Waals surface area contributed by atoms with Crippen molar-refractivity contribution >= 4 is 21.6 Å². The monoisotopic (exact) mass is 294 g/mol. The number of rotatable bonds is 3. The van der Waals surface area contributed by atoms with Crippen molar-refractivity contribution in [3.8, 4) is 5.82 Å². The normalized spacial score (nSPS) is 10.8. The molecular formula is C12H15BrN4. The summed E-state index contributed by atoms with van der Waals surface area (Å²) in [5.41, 5.74) is 8.82. The Balaban J connectivity index is 2.54. The summed E-state index contributed by atoms with van der Waals surface area (Å²) in [6.07, 6.45) is 3.44. The second-order valence-electron chi connectivity index (χ2n) is 3.76. The van der Waals surface area contributed by atoms with Gasteiger partial charge in [-0.1, -0.05) is 13.8 Å². The van der Waals surface area contributed by atoms with E-state index >= 15 is 0 Å². The van der Waals surface area contributed by atoms with Crippen molar-refractivity contribution in [3.05, 3.63) is 34.2 Å². The Hall–Kier alpha value is -1.36. The minimum Gasteiger partial charge on any atom is -0.396 e. The Morgan fingerprint density at radius 1 is 1.29 bits per heavy atom. The van der Waals surface area contributed by atoms with Crippen molar-refractivity contribution in [1.29, 1.82) is 0 Å². The molecule has 0 bridgehead atoms. The van der Waals surface area contributed by atoms with Crippen molar-refractivity contribution in [2.75, 3.05) is 5.73 Å². The van der Waals surface area contributed by atoms with Gasteiger partial charge >= 0.3 is 0 Å². The number of pyridine rings is 1. The van der Waals surface area contributed by atoms with Gasteiger partial charge in [0, 0.05) is 10.7 Å². The second kappa shape index (κ2) is 4.87. The zero-order chi connectivity index (χ0) is 12.4. The number of nitrogens with two attached hydrogens (primary N) is 1. The zero-order valence-corrected chi connectivity index (χ0v) is 11.5. The van der Waals surface area contributed by atoms with Crippen molar-refractivity contribution in [1.82, 2.24) is 14.8 Å². The van der Waals surface area contributed by atoms with Crippen LogP contribution in [0.25, 0.3) is 5.82 Å². The van der Waals surface area contributed by atoms with Gasteiger partial charge in [0.1, 0.15) is 0 Å². The molecule has 17 heavy (non-hydrogen) atoms. The van der Waals surface area contributed by atoms with Crippen LogP contribution in [0.15, 0.2) is 22.8 Å². The van der Waals surface area contributed by atoms with Crippen molar-refractivity contribution in [2.24, 2.45) is 0 Å². The number of nitrogen functional groups attached to an aromatic ring is 1. The van der Waals surface area contributed by atoms with E-state index in [-0.39, 0.29) is 0 Å². The quantitative estimate of drug-likeness (QED) is 0.947. The van der Waals surface area contributed by atoms with E-state index in [1.807, 2.05) is 16.8 Å². The fourth-order valence-electron chi connectivity index (χ4n) is 1.80. The molecule has 0 radical (unpaired) electrons. The van der Waals surface area contributed by atoms with Gasteiger partial charge in [0.25, 0.3) is 0 Å². The van der Waals surface area contributed by atoms with E-state index in [1.54, 1.807) is 6.20 Å². The Morgan fingerprint density at radius 3 is 2.59 bits per heavy atom. The van der Waals surface area contributed by atoms with Crippen molar-refractivity contribution in [3.63, 3.8) is 0 Å². The standard InChI is InChI=1S/C12H15BrN4/c1-3-9-12(14)10(4-2)17(16-9)11-6-5-8(13)7-15-11/h5-7H,3-4,14H2,1-2H3. The molecule has 0 aromatic carbocycles. The molecule has 4 nitrogen and oxygen atoms in total. The summed E-state index contributed by atoms with van der Waals surface area (Å²) in [5, 5.41) is 4.51. The van der Waals surface area contributed by atoms with Gasteiger partial charge in [-0.2, -0.15) is 5.10 Å². The van der Waals surface area contributed by atoms with Crippen LogP contribution < -0.4 is 5.73 Å². The average molecular weight is 295 g/mol. The Kier molecular flexibility index (Phi) is 3.47. The average Bonchev–Trinajstić information content (AvgIpc) is 2.66. The number of nitrogens with zero attached hydrogens (tertiary/aromatic N) is 3. The van der Waals surface area contributed by atoms with Gasteiger partial charge in [-0.25, -0.2) is 9.67 Å². The summed E-state index contributed by atoms with van der Waals surface area (Å²) in [4.78, 5) is 4.34. The highest BCUT2D eigenvalue weighted by molar-refractivity contribution is 9.10. The first kappa shape index (κ1) is 12.1. The molecule has 0 aliphatic heterocycles. The van der Waals surface area contributed by atoms with Crippen LogP contribution >= 0.6 is 15.9 Å². The SMILES string of the molecule is CCc1nn(-c2ccc(Br)cn2)c(CC)c1N. The molecule has 0 amide bonds. The van der Waals surface area contributed by atoms with Crippen LogP contribution in [0.1, 0.15) is 25.2 Å². The fourth-order valence-corrected chi connectivity index (χ4v) is 2.03. The molecule has 2 N–H and O–H groups in total. The summed E-state index contributed by atoms with van der Waals surface area (Å²) in [6.45, 7) is 4.12. The van der Waals surface area contributed by atoms with Crippen LogP contribution in [0.2, 0.25) is 0 Å². The lowest BCUT2D eigenvalue weighted by Crippen LogP contribution is -2.04. The molecule has 2 aromatic heterocycles. The van der Waals surface area contributed by atoms with Gasteiger partial charge in [-0.15, -0.1) is 0 Å². The largest absolute Gasteiger partial charge is 0.396 e. The Morgan fingerprint density at radius 2 is 2.06 bits per heavy atom. The summed E-state index contributed by atoms with van der Waals surface area (Å²) < 4.78 is 2.79. The highest BCUT2D eigenvalue weighted by Gasteiger charge is 2.14. The Bertz CT molecular complexity index is 516. The number of anilines is 1. The van der Waals surface area contributed by atoms with E-state index in [0.717, 1.165) is 40.2 Å². The number of hydrogen-bond donors (Lipinski definition) is 1. The summed E-state index contributed by atoms with van der Waals surface area (Å²) >= 11 is 3.37. The van der Waals surface area contributed by atoms with Crippen LogP contribution in [0, 0.1) is 0 Å². The van der Waals surface area contributed by atoms with Crippen LogP contribution in [0.4, 0.5) is 5.69 Å². The number of aryl methyl sites for hydroxylation is 1. The Labute approximate surface area is 109 Å². The molecule has 0 fully saturated rings. The first-order valence-electron chi connectivity index (χ1n) is 5.65. The third kappa shape index (κ3) is 2.20. The predicted molar refractivity (Wildman–Crippen MR) is 72.2 cm³/mol. The molecular weight excluding hydrogens is 280 g/mol. The topological polar surface area (TPSA) is 56.7 Å². The molecule has 0 saturated heterocycles. The molecule has 0 spiro atoms. The van der Waals surface area contributed by atoms with Crippen LogP contribution in [-0.2, 0) is 12.8 Å². The first-order chi connectivity index (χ1) is 8.17. The third-order valence-electron chi connectivity index (χ3n) is 2.70. The molecule has 2 heterocycles. The fraction of sp³-hybridized carbons (Fsp3) is 0.333. The minimum atomic E-state index is 0.791. The van der Waals surface area contributed by atoms with Gasteiger partial charge in [0.05, 0.1) is 17.1 Å². The number of aromatic nitrogens is 3. The van der Waals surface area contributed by atoms with Gasteiger partial charge in [0.15, 0.2) is 5.82 Å². The lowest BCUT2D eigenvalue weighted by Gasteiger charge is -2.04. The number of hydrogen-bond acceptors (Lipinski definition) is 3. The van der Waals surface area contributed by atoms with Crippen molar-refractivity contribution < 1.29 is 0 Å². The highest BCUT2D eigenvalue weighted by atomic mass is 79.9. The maximum absolute atomic E-state index is 6.07. The van der Waals surface area contributed by atoms with Gasteiger partial charge in [0.2, 0.25) is 0 Å². The zero-order valence-electron chi connectivity index (χ0n) is 9.94. The number of halogens is 1. The van der Waals surface area contributed by atoms with Crippen molar-refractivity contribution in [2.45, 2.75) is 26.7 Å². The summed E-state index contributed by atoms with van der Waals surface area (Å²) in [5.74, 6) is 0.802. The molecule has 0 atom stereocenters. The molecule has 90 valence electrons. The predicted octanol–water partition coefficient (Wildman–Crippen LogP) is 2.74. The van der Waals surface area contributed by atoms with E-state index in [4.69, 9.17) is 5.73 Å². The molecule has 0 aliphatic carbocycles.